The summed E-state index contributed by atoms with van der Waals surface area (Å²) in [5, 5.41) is 3.07. The van der Waals surface area contributed by atoms with E-state index in [1.807, 2.05) is 24.3 Å². The first-order valence-electron chi connectivity index (χ1n) is 8.41. The van der Waals surface area contributed by atoms with Crippen molar-refractivity contribution < 1.29 is 19.1 Å². The smallest absolute Gasteiger partial charge is 0.319 e. The molecule has 23 heavy (non-hydrogen) atoms. The zero-order valence-corrected chi connectivity index (χ0v) is 13.2. The van der Waals surface area contributed by atoms with E-state index in [1.54, 1.807) is 6.92 Å². The highest BCUT2D eigenvalue weighted by Gasteiger charge is 2.66. The number of amides is 1. The summed E-state index contributed by atoms with van der Waals surface area (Å²) >= 11 is 0. The van der Waals surface area contributed by atoms with Crippen molar-refractivity contribution in [1.29, 1.82) is 0 Å². The Labute approximate surface area is 135 Å². The van der Waals surface area contributed by atoms with Crippen molar-refractivity contribution in [2.75, 3.05) is 6.61 Å². The molecular formula is C18H21NO4. The summed E-state index contributed by atoms with van der Waals surface area (Å²) in [4.78, 5) is 25.2. The Morgan fingerprint density at radius 2 is 2.22 bits per heavy atom. The molecule has 4 rings (SSSR count). The molecule has 2 heterocycles. The number of carbonyl (C=O) groups is 2. The molecule has 2 fully saturated rings. The van der Waals surface area contributed by atoms with Crippen LogP contribution in [-0.4, -0.2) is 24.6 Å². The van der Waals surface area contributed by atoms with Crippen molar-refractivity contribution in [3.8, 4) is 5.75 Å². The average Bonchev–Trinajstić information content (AvgIpc) is 2.85. The third-order valence-electron chi connectivity index (χ3n) is 5.57. The molecule has 1 aromatic carbocycles. The lowest BCUT2D eigenvalue weighted by Gasteiger charge is -2.49. The number of hydrogen-bond donors (Lipinski definition) is 1. The highest BCUT2D eigenvalue weighted by Crippen LogP contribution is 2.60. The second-order valence-corrected chi connectivity index (χ2v) is 6.63. The van der Waals surface area contributed by atoms with Crippen molar-refractivity contribution in [2.45, 2.75) is 44.8 Å². The molecule has 3 aliphatic rings. The van der Waals surface area contributed by atoms with Crippen LogP contribution in [0.15, 0.2) is 24.3 Å². The number of benzene rings is 1. The molecule has 2 aliphatic heterocycles. The van der Waals surface area contributed by atoms with Gasteiger partial charge in [0.05, 0.1) is 18.1 Å². The summed E-state index contributed by atoms with van der Waals surface area (Å²) in [7, 11) is 0. The fourth-order valence-electron chi connectivity index (χ4n) is 4.69. The van der Waals surface area contributed by atoms with Crippen molar-refractivity contribution in [2.24, 2.45) is 11.3 Å². The SMILES string of the molecule is CCOC(=O)C1C(=O)NC2c3ccccc3OC3CCCCC312. The van der Waals surface area contributed by atoms with E-state index in [0.29, 0.717) is 0 Å². The van der Waals surface area contributed by atoms with Crippen LogP contribution in [0.4, 0.5) is 0 Å². The number of nitrogens with one attached hydrogen (secondary N) is 1. The van der Waals surface area contributed by atoms with Gasteiger partial charge in [0.25, 0.3) is 0 Å². The number of para-hydroxylation sites is 1. The maximum absolute atomic E-state index is 12.6. The van der Waals surface area contributed by atoms with E-state index in [0.717, 1.165) is 37.0 Å². The molecule has 1 spiro atoms. The fraction of sp³-hybridized carbons (Fsp3) is 0.556. The number of carbonyl (C=O) groups excluding carboxylic acids is 2. The van der Waals surface area contributed by atoms with Crippen molar-refractivity contribution in [3.05, 3.63) is 29.8 Å². The molecule has 1 aliphatic carbocycles. The molecule has 1 saturated heterocycles. The molecule has 5 heteroatoms. The van der Waals surface area contributed by atoms with Gasteiger partial charge in [0.1, 0.15) is 17.8 Å². The van der Waals surface area contributed by atoms with E-state index in [1.165, 1.54) is 0 Å². The second kappa shape index (κ2) is 5.25. The fourth-order valence-corrected chi connectivity index (χ4v) is 4.69. The van der Waals surface area contributed by atoms with E-state index >= 15 is 0 Å². The van der Waals surface area contributed by atoms with Crippen LogP contribution >= 0.6 is 0 Å². The number of esters is 1. The maximum Gasteiger partial charge on any atom is 0.319 e. The maximum atomic E-state index is 12.6. The van der Waals surface area contributed by atoms with Gasteiger partial charge in [-0.2, -0.15) is 0 Å². The minimum Gasteiger partial charge on any atom is -0.489 e. The van der Waals surface area contributed by atoms with Crippen LogP contribution < -0.4 is 10.1 Å². The van der Waals surface area contributed by atoms with Crippen molar-refractivity contribution in [3.63, 3.8) is 0 Å². The quantitative estimate of drug-likeness (QED) is 0.672. The molecule has 122 valence electrons. The summed E-state index contributed by atoms with van der Waals surface area (Å²) in [6.07, 6.45) is 3.62. The largest absolute Gasteiger partial charge is 0.489 e. The second-order valence-electron chi connectivity index (χ2n) is 6.63. The van der Waals surface area contributed by atoms with Crippen molar-refractivity contribution in [1.82, 2.24) is 5.32 Å². The van der Waals surface area contributed by atoms with Crippen molar-refractivity contribution >= 4 is 11.9 Å². The first kappa shape index (κ1) is 14.5. The van der Waals surface area contributed by atoms with Gasteiger partial charge < -0.3 is 14.8 Å². The molecule has 1 aromatic rings. The molecule has 1 saturated carbocycles. The predicted molar refractivity (Wildman–Crippen MR) is 82.8 cm³/mol. The molecular weight excluding hydrogens is 294 g/mol. The van der Waals surface area contributed by atoms with Crippen LogP contribution in [0.25, 0.3) is 0 Å². The van der Waals surface area contributed by atoms with Gasteiger partial charge in [0, 0.05) is 5.56 Å². The normalized spacial score (nSPS) is 34.5. The number of fused-ring (bicyclic) bond motifs is 2. The summed E-state index contributed by atoms with van der Waals surface area (Å²) in [6, 6.07) is 7.65. The molecule has 1 amide bonds. The Balaban J connectivity index is 1.85. The number of hydrogen-bond acceptors (Lipinski definition) is 4. The standard InChI is InChI=1S/C18H21NO4/c1-2-22-17(21)14-16(20)19-15-11-7-3-4-8-12(11)23-13-9-5-6-10-18(13,14)15/h3-4,7-8,13-15H,2,5-6,9-10H2,1H3,(H,19,20). The first-order chi connectivity index (χ1) is 11.2. The van der Waals surface area contributed by atoms with E-state index < -0.39 is 17.3 Å². The van der Waals surface area contributed by atoms with Gasteiger partial charge in [-0.15, -0.1) is 0 Å². The van der Waals surface area contributed by atoms with Gasteiger partial charge in [0.15, 0.2) is 0 Å². The Kier molecular flexibility index (Phi) is 3.32. The summed E-state index contributed by atoms with van der Waals surface area (Å²) in [5.41, 5.74) is 0.460. The molecule has 4 atom stereocenters. The monoisotopic (exact) mass is 315 g/mol. The van der Waals surface area contributed by atoms with Gasteiger partial charge in [-0.05, 0) is 32.3 Å². The Morgan fingerprint density at radius 3 is 3.04 bits per heavy atom. The third kappa shape index (κ3) is 1.92. The molecule has 4 unspecified atom stereocenters. The van der Waals surface area contributed by atoms with Gasteiger partial charge in [-0.3, -0.25) is 9.59 Å². The van der Waals surface area contributed by atoms with E-state index in [9.17, 15) is 9.59 Å². The van der Waals surface area contributed by atoms with E-state index in [4.69, 9.17) is 9.47 Å². The van der Waals surface area contributed by atoms with Gasteiger partial charge in [0.2, 0.25) is 5.91 Å². The number of rotatable bonds is 2. The lowest BCUT2D eigenvalue weighted by molar-refractivity contribution is -0.161. The van der Waals surface area contributed by atoms with Crippen LogP contribution in [-0.2, 0) is 14.3 Å². The van der Waals surface area contributed by atoms with Crippen LogP contribution in [0.3, 0.4) is 0 Å². The minimum absolute atomic E-state index is 0.121. The Bertz CT molecular complexity index is 658. The zero-order valence-electron chi connectivity index (χ0n) is 13.2. The van der Waals surface area contributed by atoms with Gasteiger partial charge in [-0.25, -0.2) is 0 Å². The topological polar surface area (TPSA) is 64.6 Å². The lowest BCUT2D eigenvalue weighted by Crippen LogP contribution is -2.53. The van der Waals surface area contributed by atoms with Crippen LogP contribution in [0.1, 0.15) is 44.2 Å². The van der Waals surface area contributed by atoms with Gasteiger partial charge >= 0.3 is 5.97 Å². The lowest BCUT2D eigenvalue weighted by atomic mass is 9.59. The molecule has 1 N–H and O–H groups in total. The van der Waals surface area contributed by atoms with Crippen LogP contribution in [0.5, 0.6) is 5.75 Å². The minimum atomic E-state index is -0.772. The number of ether oxygens (including phenoxy) is 2. The van der Waals surface area contributed by atoms with E-state index in [2.05, 4.69) is 5.32 Å². The molecule has 5 nitrogen and oxygen atoms in total. The predicted octanol–water partition coefficient (Wildman–Crippen LogP) is 2.36. The highest BCUT2D eigenvalue weighted by molar-refractivity contribution is 6.01. The summed E-state index contributed by atoms with van der Waals surface area (Å²) in [6.45, 7) is 2.05. The zero-order chi connectivity index (χ0) is 16.0. The summed E-state index contributed by atoms with van der Waals surface area (Å²) in [5.74, 6) is -0.584. The Morgan fingerprint density at radius 1 is 1.39 bits per heavy atom. The molecule has 0 bridgehead atoms. The summed E-state index contributed by atoms with van der Waals surface area (Å²) < 4.78 is 11.5. The van der Waals surface area contributed by atoms with Crippen LogP contribution in [0, 0.1) is 11.3 Å². The Hall–Kier alpha value is -2.04. The molecule has 0 aromatic heterocycles. The molecule has 0 radical (unpaired) electrons. The van der Waals surface area contributed by atoms with Gasteiger partial charge in [-0.1, -0.05) is 24.6 Å². The van der Waals surface area contributed by atoms with Crippen LogP contribution in [0.2, 0.25) is 0 Å². The highest BCUT2D eigenvalue weighted by atomic mass is 16.5. The average molecular weight is 315 g/mol. The van der Waals surface area contributed by atoms with E-state index in [-0.39, 0.29) is 24.7 Å². The first-order valence-corrected chi connectivity index (χ1v) is 8.41. The third-order valence-corrected chi connectivity index (χ3v) is 5.57.